The Labute approximate surface area is 134 Å². The molecule has 0 amide bonds. The van der Waals surface area contributed by atoms with Crippen molar-refractivity contribution in [3.8, 4) is 5.75 Å². The van der Waals surface area contributed by atoms with E-state index in [4.69, 9.17) is 17.0 Å². The second kappa shape index (κ2) is 8.09. The first-order valence-corrected chi connectivity index (χ1v) is 7.03. The highest BCUT2D eigenvalue weighted by atomic mass is 32.1. The van der Waals surface area contributed by atoms with Gasteiger partial charge in [0.25, 0.3) is 0 Å². The summed E-state index contributed by atoms with van der Waals surface area (Å²) in [4.78, 5) is 0. The first-order chi connectivity index (χ1) is 10.7. The minimum absolute atomic E-state index is 0.302. The second-order valence-corrected chi connectivity index (χ2v) is 4.86. The van der Waals surface area contributed by atoms with Gasteiger partial charge in [0.1, 0.15) is 11.6 Å². The molecule has 0 heterocycles. The number of nitrogens with one attached hydrogen (secondary N) is 2. The Morgan fingerprint density at radius 1 is 1.27 bits per heavy atom. The van der Waals surface area contributed by atoms with Crippen LogP contribution in [-0.2, 0) is 6.54 Å². The van der Waals surface area contributed by atoms with Crippen molar-refractivity contribution in [1.82, 2.24) is 10.7 Å². The van der Waals surface area contributed by atoms with Gasteiger partial charge in [-0.25, -0.2) is 4.39 Å². The van der Waals surface area contributed by atoms with Gasteiger partial charge in [-0.15, -0.1) is 0 Å². The summed E-state index contributed by atoms with van der Waals surface area (Å²) in [6.07, 6.45) is 1.50. The summed E-state index contributed by atoms with van der Waals surface area (Å²) >= 11 is 5.11. The number of ether oxygens (including phenoxy) is 1. The highest BCUT2D eigenvalue weighted by Gasteiger charge is 1.97. The summed E-state index contributed by atoms with van der Waals surface area (Å²) in [5.74, 6) is 0.508. The van der Waals surface area contributed by atoms with Crippen LogP contribution in [0.25, 0.3) is 0 Å². The van der Waals surface area contributed by atoms with Crippen LogP contribution < -0.4 is 15.5 Å². The van der Waals surface area contributed by atoms with Crippen LogP contribution >= 0.6 is 12.2 Å². The third kappa shape index (κ3) is 5.14. The molecule has 22 heavy (non-hydrogen) atoms. The molecule has 2 N–H and O–H groups in total. The van der Waals surface area contributed by atoms with E-state index >= 15 is 0 Å². The van der Waals surface area contributed by atoms with Gasteiger partial charge in [0.2, 0.25) is 0 Å². The van der Waals surface area contributed by atoms with Crippen LogP contribution in [0.2, 0.25) is 0 Å². The quantitative estimate of drug-likeness (QED) is 0.506. The van der Waals surface area contributed by atoms with Crippen molar-refractivity contribution in [3.05, 3.63) is 65.5 Å². The van der Waals surface area contributed by atoms with E-state index in [2.05, 4.69) is 15.8 Å². The SMILES string of the molecule is COc1ccc(CNC(=S)N/N=C\c2cccc(F)c2)cc1. The number of rotatable bonds is 5. The number of benzene rings is 2. The zero-order valence-electron chi connectivity index (χ0n) is 12.0. The summed E-state index contributed by atoms with van der Waals surface area (Å²) in [5, 5.41) is 7.37. The Morgan fingerprint density at radius 3 is 2.73 bits per heavy atom. The highest BCUT2D eigenvalue weighted by molar-refractivity contribution is 7.80. The topological polar surface area (TPSA) is 45.6 Å². The summed E-state index contributed by atoms with van der Waals surface area (Å²) in [6.45, 7) is 0.575. The normalized spacial score (nSPS) is 10.5. The molecular formula is C16H16FN3OS. The number of nitrogens with zero attached hydrogens (tertiary/aromatic N) is 1. The second-order valence-electron chi connectivity index (χ2n) is 4.46. The molecule has 2 aromatic rings. The van der Waals surface area contributed by atoms with E-state index in [1.807, 2.05) is 24.3 Å². The van der Waals surface area contributed by atoms with Crippen LogP contribution in [0.15, 0.2) is 53.6 Å². The third-order valence-electron chi connectivity index (χ3n) is 2.84. The van der Waals surface area contributed by atoms with Gasteiger partial charge in [-0.3, -0.25) is 5.43 Å². The number of hydrogen-bond acceptors (Lipinski definition) is 3. The standard InChI is InChI=1S/C16H16FN3OS/c1-21-15-7-5-12(6-8-15)10-18-16(22)20-19-11-13-3-2-4-14(17)9-13/h2-9,11H,10H2,1H3,(H2,18,20,22)/b19-11-. The van der Waals surface area contributed by atoms with Crippen LogP contribution in [0.1, 0.15) is 11.1 Å². The Kier molecular flexibility index (Phi) is 5.85. The fourth-order valence-electron chi connectivity index (χ4n) is 1.72. The molecule has 0 bridgehead atoms. The van der Waals surface area contributed by atoms with E-state index in [-0.39, 0.29) is 5.82 Å². The molecule has 0 unspecified atom stereocenters. The summed E-state index contributed by atoms with van der Waals surface area (Å²) < 4.78 is 18.1. The number of halogens is 1. The van der Waals surface area contributed by atoms with E-state index in [1.165, 1.54) is 18.3 Å². The van der Waals surface area contributed by atoms with Crippen LogP contribution in [0.5, 0.6) is 5.75 Å². The number of thiocarbonyl (C=S) groups is 1. The molecule has 114 valence electrons. The molecule has 0 aliphatic rings. The van der Waals surface area contributed by atoms with Crippen molar-refractivity contribution in [2.24, 2.45) is 5.10 Å². The van der Waals surface area contributed by atoms with E-state index in [0.717, 1.165) is 11.3 Å². The molecular weight excluding hydrogens is 301 g/mol. The van der Waals surface area contributed by atoms with Crippen molar-refractivity contribution in [1.29, 1.82) is 0 Å². The Bertz CT molecular complexity index is 659. The molecule has 2 rings (SSSR count). The van der Waals surface area contributed by atoms with E-state index in [9.17, 15) is 4.39 Å². The van der Waals surface area contributed by atoms with Crippen LogP contribution in [0.4, 0.5) is 4.39 Å². The van der Waals surface area contributed by atoms with Crippen LogP contribution in [-0.4, -0.2) is 18.4 Å². The Morgan fingerprint density at radius 2 is 2.05 bits per heavy atom. The molecule has 0 saturated heterocycles. The summed E-state index contributed by atoms with van der Waals surface area (Å²) in [7, 11) is 1.63. The molecule has 6 heteroatoms. The molecule has 4 nitrogen and oxygen atoms in total. The van der Waals surface area contributed by atoms with Gasteiger partial charge in [0, 0.05) is 6.54 Å². The minimum atomic E-state index is -0.302. The van der Waals surface area contributed by atoms with Crippen LogP contribution in [0, 0.1) is 5.82 Å². The van der Waals surface area contributed by atoms with E-state index in [0.29, 0.717) is 17.2 Å². The maximum atomic E-state index is 13.0. The predicted molar refractivity (Wildman–Crippen MR) is 89.6 cm³/mol. The highest BCUT2D eigenvalue weighted by Crippen LogP contribution is 2.10. The monoisotopic (exact) mass is 317 g/mol. The van der Waals surface area contributed by atoms with Crippen molar-refractivity contribution in [2.45, 2.75) is 6.54 Å². The first kappa shape index (κ1) is 15.9. The van der Waals surface area contributed by atoms with Crippen LogP contribution in [0.3, 0.4) is 0 Å². The molecule has 0 spiro atoms. The molecule has 0 saturated carbocycles. The van der Waals surface area contributed by atoms with E-state index in [1.54, 1.807) is 19.2 Å². The molecule has 0 aliphatic carbocycles. The largest absolute Gasteiger partial charge is 0.497 e. The Hall–Kier alpha value is -2.47. The molecule has 0 aromatic heterocycles. The molecule has 0 atom stereocenters. The zero-order valence-corrected chi connectivity index (χ0v) is 12.9. The van der Waals surface area contributed by atoms with Gasteiger partial charge in [0.05, 0.1) is 13.3 Å². The van der Waals surface area contributed by atoms with Gasteiger partial charge in [-0.05, 0) is 47.6 Å². The van der Waals surface area contributed by atoms with Gasteiger partial charge in [-0.2, -0.15) is 5.10 Å². The maximum absolute atomic E-state index is 13.0. The first-order valence-electron chi connectivity index (χ1n) is 6.63. The maximum Gasteiger partial charge on any atom is 0.187 e. The van der Waals surface area contributed by atoms with Gasteiger partial charge in [-0.1, -0.05) is 24.3 Å². The number of hydrogen-bond donors (Lipinski definition) is 2. The number of hydrazone groups is 1. The van der Waals surface area contributed by atoms with Gasteiger partial charge < -0.3 is 10.1 Å². The average molecular weight is 317 g/mol. The fraction of sp³-hybridized carbons (Fsp3) is 0.125. The molecule has 0 radical (unpaired) electrons. The van der Waals surface area contributed by atoms with Crippen molar-refractivity contribution < 1.29 is 9.13 Å². The predicted octanol–water partition coefficient (Wildman–Crippen LogP) is 2.83. The lowest BCUT2D eigenvalue weighted by Crippen LogP contribution is -2.31. The average Bonchev–Trinajstić information content (AvgIpc) is 2.53. The molecule has 0 fully saturated rings. The smallest absolute Gasteiger partial charge is 0.187 e. The summed E-state index contributed by atoms with van der Waals surface area (Å²) in [5.41, 5.74) is 4.41. The summed E-state index contributed by atoms with van der Waals surface area (Å²) in [6, 6.07) is 13.8. The third-order valence-corrected chi connectivity index (χ3v) is 3.08. The van der Waals surface area contributed by atoms with Crippen molar-refractivity contribution in [2.75, 3.05) is 7.11 Å². The molecule has 2 aromatic carbocycles. The fourth-order valence-corrected chi connectivity index (χ4v) is 1.84. The number of methoxy groups -OCH3 is 1. The lowest BCUT2D eigenvalue weighted by molar-refractivity contribution is 0.414. The van der Waals surface area contributed by atoms with Crippen molar-refractivity contribution in [3.63, 3.8) is 0 Å². The van der Waals surface area contributed by atoms with Gasteiger partial charge in [0.15, 0.2) is 5.11 Å². The minimum Gasteiger partial charge on any atom is -0.497 e. The zero-order chi connectivity index (χ0) is 15.8. The Balaban J connectivity index is 1.77. The lowest BCUT2D eigenvalue weighted by atomic mass is 10.2. The van der Waals surface area contributed by atoms with Gasteiger partial charge >= 0.3 is 0 Å². The van der Waals surface area contributed by atoms with Crippen molar-refractivity contribution >= 4 is 23.5 Å². The molecule has 0 aliphatic heterocycles. The van der Waals surface area contributed by atoms with E-state index < -0.39 is 0 Å². The lowest BCUT2D eigenvalue weighted by Gasteiger charge is -2.07.